The van der Waals surface area contributed by atoms with Gasteiger partial charge in [-0.05, 0) is 29.6 Å². The molecule has 2 nitrogen and oxygen atoms in total. The molecule has 16 heavy (non-hydrogen) atoms. The van der Waals surface area contributed by atoms with Crippen LogP contribution in [0.1, 0.15) is 10.4 Å². The van der Waals surface area contributed by atoms with Crippen LogP contribution in [0.4, 0.5) is 4.39 Å². The molecule has 0 bridgehead atoms. The lowest BCUT2D eigenvalue weighted by molar-refractivity contribution is 0.306. The number of rotatable bonds is 4. The van der Waals surface area contributed by atoms with E-state index in [0.29, 0.717) is 17.9 Å². The zero-order valence-electron chi connectivity index (χ0n) is 8.65. The lowest BCUT2D eigenvalue weighted by Crippen LogP contribution is -2.02. The molecule has 2 rings (SSSR count). The van der Waals surface area contributed by atoms with Crippen LogP contribution in [0.3, 0.4) is 0 Å². The van der Waals surface area contributed by atoms with Crippen molar-refractivity contribution >= 4 is 11.3 Å². The first-order chi connectivity index (χ1) is 7.79. The van der Waals surface area contributed by atoms with Gasteiger partial charge in [-0.25, -0.2) is 4.39 Å². The summed E-state index contributed by atoms with van der Waals surface area (Å²) < 4.78 is 18.5. The molecule has 84 valence electrons. The van der Waals surface area contributed by atoms with E-state index in [1.807, 2.05) is 17.5 Å². The van der Waals surface area contributed by atoms with Gasteiger partial charge in [0.05, 0.1) is 0 Å². The molecule has 0 atom stereocenters. The summed E-state index contributed by atoms with van der Waals surface area (Å²) in [5, 5.41) is 1.99. The van der Waals surface area contributed by atoms with Crippen molar-refractivity contribution in [2.24, 2.45) is 5.73 Å². The summed E-state index contributed by atoms with van der Waals surface area (Å²) in [6.45, 7) is 0.772. The lowest BCUT2D eigenvalue weighted by atomic mass is 10.2. The zero-order valence-corrected chi connectivity index (χ0v) is 9.47. The highest BCUT2D eigenvalue weighted by atomic mass is 32.1. The highest BCUT2D eigenvalue weighted by Crippen LogP contribution is 2.21. The second-order valence-corrected chi connectivity index (χ2v) is 4.36. The van der Waals surface area contributed by atoms with Crippen LogP contribution in [0.15, 0.2) is 35.7 Å². The third kappa shape index (κ3) is 2.59. The first-order valence-electron chi connectivity index (χ1n) is 4.93. The smallest absolute Gasteiger partial charge is 0.124 e. The molecule has 0 radical (unpaired) electrons. The molecule has 1 aromatic heterocycles. The average molecular weight is 237 g/mol. The number of ether oxygens (including phenoxy) is 1. The van der Waals surface area contributed by atoms with Gasteiger partial charge < -0.3 is 10.5 Å². The number of hydrogen-bond acceptors (Lipinski definition) is 3. The van der Waals surface area contributed by atoms with Crippen LogP contribution < -0.4 is 10.5 Å². The van der Waals surface area contributed by atoms with Crippen molar-refractivity contribution in [3.8, 4) is 5.75 Å². The Kier molecular flexibility index (Phi) is 3.54. The van der Waals surface area contributed by atoms with Gasteiger partial charge in [-0.2, -0.15) is 0 Å². The van der Waals surface area contributed by atoms with E-state index >= 15 is 0 Å². The van der Waals surface area contributed by atoms with E-state index in [1.165, 1.54) is 12.1 Å². The number of nitrogens with two attached hydrogens (primary N) is 1. The molecule has 2 N–H and O–H groups in total. The first-order valence-corrected chi connectivity index (χ1v) is 5.81. The predicted octanol–water partition coefficient (Wildman–Crippen LogP) is 2.92. The molecule has 0 amide bonds. The Hall–Kier alpha value is -1.39. The summed E-state index contributed by atoms with van der Waals surface area (Å²) in [5.41, 5.74) is 6.22. The van der Waals surface area contributed by atoms with E-state index in [2.05, 4.69) is 0 Å². The summed E-state index contributed by atoms with van der Waals surface area (Å²) in [6, 6.07) is 8.37. The highest BCUT2D eigenvalue weighted by molar-refractivity contribution is 7.09. The van der Waals surface area contributed by atoms with Crippen molar-refractivity contribution in [3.05, 3.63) is 52.0 Å². The minimum absolute atomic E-state index is 0.275. The maximum Gasteiger partial charge on any atom is 0.124 e. The third-order valence-corrected chi connectivity index (χ3v) is 3.04. The molecule has 4 heteroatoms. The number of hydrogen-bond donors (Lipinski definition) is 1. The van der Waals surface area contributed by atoms with Crippen LogP contribution in [-0.2, 0) is 13.2 Å². The molecule has 0 aliphatic carbocycles. The van der Waals surface area contributed by atoms with E-state index < -0.39 is 0 Å². The number of benzene rings is 1. The lowest BCUT2D eigenvalue weighted by Gasteiger charge is -2.09. The third-order valence-electron chi connectivity index (χ3n) is 2.19. The van der Waals surface area contributed by atoms with Crippen molar-refractivity contribution in [2.75, 3.05) is 0 Å². The molecule has 0 fully saturated rings. The van der Waals surface area contributed by atoms with E-state index in [4.69, 9.17) is 10.5 Å². The van der Waals surface area contributed by atoms with Crippen LogP contribution in [-0.4, -0.2) is 0 Å². The molecule has 0 spiro atoms. The van der Waals surface area contributed by atoms with Crippen LogP contribution in [0.5, 0.6) is 5.75 Å². The van der Waals surface area contributed by atoms with Crippen LogP contribution in [0.25, 0.3) is 0 Å². The minimum atomic E-state index is -0.288. The summed E-state index contributed by atoms with van der Waals surface area (Å²) in [7, 11) is 0. The van der Waals surface area contributed by atoms with Crippen molar-refractivity contribution in [1.29, 1.82) is 0 Å². The van der Waals surface area contributed by atoms with Gasteiger partial charge in [0, 0.05) is 17.0 Å². The van der Waals surface area contributed by atoms with Gasteiger partial charge in [-0.15, -0.1) is 11.3 Å². The van der Waals surface area contributed by atoms with Crippen LogP contribution >= 0.6 is 11.3 Å². The van der Waals surface area contributed by atoms with E-state index in [0.717, 1.165) is 4.88 Å². The summed E-state index contributed by atoms with van der Waals surface area (Å²) >= 11 is 1.63. The molecular formula is C12H12FNOS. The van der Waals surface area contributed by atoms with Crippen molar-refractivity contribution in [1.82, 2.24) is 0 Å². The molecular weight excluding hydrogens is 225 g/mol. The van der Waals surface area contributed by atoms with Gasteiger partial charge in [-0.1, -0.05) is 6.07 Å². The predicted molar refractivity (Wildman–Crippen MR) is 62.9 cm³/mol. The Morgan fingerprint density at radius 2 is 2.19 bits per heavy atom. The summed E-state index contributed by atoms with van der Waals surface area (Å²) in [5.74, 6) is 0.362. The fraction of sp³-hybridized carbons (Fsp3) is 0.167. The van der Waals surface area contributed by atoms with Crippen LogP contribution in [0.2, 0.25) is 0 Å². The molecule has 2 aromatic rings. The fourth-order valence-electron chi connectivity index (χ4n) is 1.39. The van der Waals surface area contributed by atoms with Crippen molar-refractivity contribution in [3.63, 3.8) is 0 Å². The van der Waals surface area contributed by atoms with Gasteiger partial charge in [0.15, 0.2) is 0 Å². The molecule has 0 saturated carbocycles. The van der Waals surface area contributed by atoms with Gasteiger partial charge in [0.1, 0.15) is 18.2 Å². The van der Waals surface area contributed by atoms with Crippen LogP contribution in [0, 0.1) is 5.82 Å². The quantitative estimate of drug-likeness (QED) is 0.887. The second kappa shape index (κ2) is 5.09. The standard InChI is InChI=1S/C12H12FNOS/c13-10-3-4-12(9(6-10)7-14)15-8-11-2-1-5-16-11/h1-6H,7-8,14H2. The van der Waals surface area contributed by atoms with Crippen molar-refractivity contribution < 1.29 is 9.13 Å². The maximum absolute atomic E-state index is 12.9. The normalized spacial score (nSPS) is 10.4. The molecule has 1 heterocycles. The van der Waals surface area contributed by atoms with Gasteiger partial charge in [0.2, 0.25) is 0 Å². The second-order valence-electron chi connectivity index (χ2n) is 3.32. The Labute approximate surface area is 97.5 Å². The fourth-order valence-corrected chi connectivity index (χ4v) is 2.01. The number of thiophene rings is 1. The minimum Gasteiger partial charge on any atom is -0.488 e. The molecule has 0 unspecified atom stereocenters. The monoisotopic (exact) mass is 237 g/mol. The molecule has 1 aromatic carbocycles. The van der Waals surface area contributed by atoms with Crippen molar-refractivity contribution in [2.45, 2.75) is 13.2 Å². The molecule has 0 saturated heterocycles. The highest BCUT2D eigenvalue weighted by Gasteiger charge is 2.04. The summed E-state index contributed by atoms with van der Waals surface area (Å²) in [4.78, 5) is 1.13. The topological polar surface area (TPSA) is 35.2 Å². The number of halogens is 1. The largest absolute Gasteiger partial charge is 0.488 e. The Bertz CT molecular complexity index is 456. The SMILES string of the molecule is NCc1cc(F)ccc1OCc1cccs1. The zero-order chi connectivity index (χ0) is 11.4. The Morgan fingerprint density at radius 1 is 1.31 bits per heavy atom. The van der Waals surface area contributed by atoms with Gasteiger partial charge >= 0.3 is 0 Å². The summed E-state index contributed by atoms with van der Waals surface area (Å²) in [6.07, 6.45) is 0. The van der Waals surface area contributed by atoms with E-state index in [9.17, 15) is 4.39 Å². The van der Waals surface area contributed by atoms with Gasteiger partial charge in [0.25, 0.3) is 0 Å². The Morgan fingerprint density at radius 3 is 2.88 bits per heavy atom. The molecule has 0 aliphatic heterocycles. The van der Waals surface area contributed by atoms with E-state index in [-0.39, 0.29) is 12.4 Å². The van der Waals surface area contributed by atoms with E-state index in [1.54, 1.807) is 17.4 Å². The average Bonchev–Trinajstić information content (AvgIpc) is 2.80. The Balaban J connectivity index is 2.09. The molecule has 0 aliphatic rings. The first kappa shape index (κ1) is 11.1. The maximum atomic E-state index is 12.9. The van der Waals surface area contributed by atoms with Gasteiger partial charge in [-0.3, -0.25) is 0 Å².